The van der Waals surface area contributed by atoms with Gasteiger partial charge < -0.3 is 10.1 Å². The third-order valence-electron chi connectivity index (χ3n) is 3.60. The Morgan fingerprint density at radius 1 is 1.32 bits per heavy atom. The molecule has 1 aromatic heterocycles. The molecule has 0 spiro atoms. The maximum absolute atomic E-state index is 6.06. The highest BCUT2D eigenvalue weighted by Crippen LogP contribution is 2.27. The van der Waals surface area contributed by atoms with E-state index in [0.29, 0.717) is 6.10 Å². The largest absolute Gasteiger partial charge is 0.474 e. The molecule has 4 nitrogen and oxygen atoms in total. The summed E-state index contributed by atoms with van der Waals surface area (Å²) in [4.78, 5) is 8.93. The maximum atomic E-state index is 6.06. The number of aromatic nitrogens is 2. The first-order valence-electron chi connectivity index (χ1n) is 7.49. The van der Waals surface area contributed by atoms with Gasteiger partial charge in [-0.05, 0) is 32.1 Å². The standard InChI is InChI=1S/C15H25N3O/c1-4-13-17-14(16-5-2)10-15(18-13)19-12-8-6-7-11(3)9-12/h10-12H,4-9H2,1-3H3,(H,16,17,18). The lowest BCUT2D eigenvalue weighted by Crippen LogP contribution is -2.24. The molecular formula is C15H25N3O. The molecule has 0 aliphatic heterocycles. The minimum Gasteiger partial charge on any atom is -0.474 e. The summed E-state index contributed by atoms with van der Waals surface area (Å²) in [5, 5.41) is 3.24. The van der Waals surface area contributed by atoms with Crippen molar-refractivity contribution in [1.29, 1.82) is 0 Å². The van der Waals surface area contributed by atoms with E-state index >= 15 is 0 Å². The Morgan fingerprint density at radius 2 is 2.16 bits per heavy atom. The molecule has 1 N–H and O–H groups in total. The molecule has 0 radical (unpaired) electrons. The van der Waals surface area contributed by atoms with Crippen molar-refractivity contribution in [2.24, 2.45) is 5.92 Å². The van der Waals surface area contributed by atoms with Gasteiger partial charge in [0.2, 0.25) is 5.88 Å². The van der Waals surface area contributed by atoms with E-state index in [-0.39, 0.29) is 0 Å². The van der Waals surface area contributed by atoms with E-state index < -0.39 is 0 Å². The number of ether oxygens (including phenoxy) is 1. The fourth-order valence-corrected chi connectivity index (χ4v) is 2.62. The van der Waals surface area contributed by atoms with E-state index in [1.807, 2.05) is 6.07 Å². The summed E-state index contributed by atoms with van der Waals surface area (Å²) in [6, 6.07) is 1.92. The summed E-state index contributed by atoms with van der Waals surface area (Å²) in [6.45, 7) is 7.30. The lowest BCUT2D eigenvalue weighted by molar-refractivity contribution is 0.123. The molecule has 1 fully saturated rings. The van der Waals surface area contributed by atoms with Crippen LogP contribution >= 0.6 is 0 Å². The van der Waals surface area contributed by atoms with Crippen molar-refractivity contribution in [2.45, 2.75) is 59.0 Å². The Balaban J connectivity index is 2.07. The van der Waals surface area contributed by atoms with Crippen LogP contribution in [-0.4, -0.2) is 22.6 Å². The van der Waals surface area contributed by atoms with Gasteiger partial charge in [0.15, 0.2) is 0 Å². The zero-order valence-electron chi connectivity index (χ0n) is 12.3. The molecule has 0 aromatic carbocycles. The van der Waals surface area contributed by atoms with E-state index in [1.54, 1.807) is 0 Å². The number of nitrogens with zero attached hydrogens (tertiary/aromatic N) is 2. The van der Waals surface area contributed by atoms with Crippen molar-refractivity contribution < 1.29 is 4.74 Å². The molecule has 0 bridgehead atoms. The first-order valence-corrected chi connectivity index (χ1v) is 7.49. The highest BCUT2D eigenvalue weighted by atomic mass is 16.5. The summed E-state index contributed by atoms with van der Waals surface area (Å²) >= 11 is 0. The molecule has 2 rings (SSSR count). The predicted molar refractivity (Wildman–Crippen MR) is 77.6 cm³/mol. The Labute approximate surface area is 116 Å². The molecule has 1 saturated carbocycles. The summed E-state index contributed by atoms with van der Waals surface area (Å²) in [5.74, 6) is 3.20. The molecule has 2 unspecified atom stereocenters. The average Bonchev–Trinajstić information content (AvgIpc) is 2.39. The number of aryl methyl sites for hydroxylation is 1. The topological polar surface area (TPSA) is 47.0 Å². The first kappa shape index (κ1) is 14.1. The van der Waals surface area contributed by atoms with Crippen LogP contribution in [0.3, 0.4) is 0 Å². The Hall–Kier alpha value is -1.32. The lowest BCUT2D eigenvalue weighted by Gasteiger charge is -2.27. The van der Waals surface area contributed by atoms with E-state index in [1.165, 1.54) is 12.8 Å². The third-order valence-corrected chi connectivity index (χ3v) is 3.60. The van der Waals surface area contributed by atoms with Crippen LogP contribution in [0.5, 0.6) is 5.88 Å². The van der Waals surface area contributed by atoms with Crippen LogP contribution in [0.2, 0.25) is 0 Å². The molecule has 1 aliphatic carbocycles. The number of anilines is 1. The number of nitrogens with one attached hydrogen (secondary N) is 1. The second-order valence-corrected chi connectivity index (χ2v) is 5.40. The summed E-state index contributed by atoms with van der Waals surface area (Å²) in [7, 11) is 0. The van der Waals surface area contributed by atoms with Crippen molar-refractivity contribution in [2.75, 3.05) is 11.9 Å². The Kier molecular flexibility index (Phi) is 5.00. The van der Waals surface area contributed by atoms with Crippen LogP contribution in [0.25, 0.3) is 0 Å². The monoisotopic (exact) mass is 263 g/mol. The van der Waals surface area contributed by atoms with Gasteiger partial charge in [0.1, 0.15) is 17.7 Å². The van der Waals surface area contributed by atoms with Gasteiger partial charge in [0, 0.05) is 19.0 Å². The van der Waals surface area contributed by atoms with Crippen LogP contribution in [0, 0.1) is 5.92 Å². The van der Waals surface area contributed by atoms with Crippen molar-refractivity contribution in [3.8, 4) is 5.88 Å². The third kappa shape index (κ3) is 4.08. The zero-order valence-corrected chi connectivity index (χ0v) is 12.3. The van der Waals surface area contributed by atoms with Crippen molar-refractivity contribution in [1.82, 2.24) is 9.97 Å². The first-order chi connectivity index (χ1) is 9.21. The van der Waals surface area contributed by atoms with Gasteiger partial charge in [0.25, 0.3) is 0 Å². The summed E-state index contributed by atoms with van der Waals surface area (Å²) in [6.07, 6.45) is 6.02. The molecule has 2 atom stereocenters. The minimum absolute atomic E-state index is 0.317. The number of rotatable bonds is 5. The molecule has 0 amide bonds. The Bertz CT molecular complexity index is 408. The fraction of sp³-hybridized carbons (Fsp3) is 0.733. The molecule has 1 aromatic rings. The fourth-order valence-electron chi connectivity index (χ4n) is 2.62. The molecule has 19 heavy (non-hydrogen) atoms. The van der Waals surface area contributed by atoms with Gasteiger partial charge in [0.05, 0.1) is 0 Å². The molecule has 0 saturated heterocycles. The van der Waals surface area contributed by atoms with Gasteiger partial charge >= 0.3 is 0 Å². The maximum Gasteiger partial charge on any atom is 0.218 e. The Morgan fingerprint density at radius 3 is 2.84 bits per heavy atom. The van der Waals surface area contributed by atoms with Crippen LogP contribution < -0.4 is 10.1 Å². The summed E-state index contributed by atoms with van der Waals surface area (Å²) in [5.41, 5.74) is 0. The lowest BCUT2D eigenvalue weighted by atomic mass is 9.89. The average molecular weight is 263 g/mol. The second kappa shape index (κ2) is 6.73. The summed E-state index contributed by atoms with van der Waals surface area (Å²) < 4.78 is 6.06. The highest BCUT2D eigenvalue weighted by molar-refractivity contribution is 5.38. The smallest absolute Gasteiger partial charge is 0.218 e. The number of hydrogen-bond acceptors (Lipinski definition) is 4. The number of hydrogen-bond donors (Lipinski definition) is 1. The van der Waals surface area contributed by atoms with Gasteiger partial charge in [-0.3, -0.25) is 0 Å². The van der Waals surface area contributed by atoms with Crippen molar-refractivity contribution in [3.63, 3.8) is 0 Å². The van der Waals surface area contributed by atoms with E-state index in [2.05, 4.69) is 36.1 Å². The molecule has 4 heteroatoms. The molecule has 1 heterocycles. The van der Waals surface area contributed by atoms with Crippen LogP contribution in [-0.2, 0) is 6.42 Å². The van der Waals surface area contributed by atoms with Crippen molar-refractivity contribution >= 4 is 5.82 Å². The van der Waals surface area contributed by atoms with Crippen LogP contribution in [0.4, 0.5) is 5.82 Å². The second-order valence-electron chi connectivity index (χ2n) is 5.40. The normalized spacial score (nSPS) is 23.1. The van der Waals surface area contributed by atoms with E-state index in [9.17, 15) is 0 Å². The highest BCUT2D eigenvalue weighted by Gasteiger charge is 2.21. The van der Waals surface area contributed by atoms with Gasteiger partial charge in [-0.2, -0.15) is 4.98 Å². The van der Waals surface area contributed by atoms with Gasteiger partial charge in [-0.15, -0.1) is 0 Å². The molecule has 1 aliphatic rings. The quantitative estimate of drug-likeness (QED) is 0.884. The van der Waals surface area contributed by atoms with Crippen LogP contribution in [0.15, 0.2) is 6.07 Å². The SMILES string of the molecule is CCNc1cc(OC2CCCC(C)C2)nc(CC)n1. The van der Waals surface area contributed by atoms with Gasteiger partial charge in [-0.25, -0.2) is 4.98 Å². The van der Waals surface area contributed by atoms with E-state index in [0.717, 1.165) is 49.2 Å². The molecule has 106 valence electrons. The van der Waals surface area contributed by atoms with Gasteiger partial charge in [-0.1, -0.05) is 20.3 Å². The zero-order chi connectivity index (χ0) is 13.7. The predicted octanol–water partition coefficient (Wildman–Crippen LogP) is 3.43. The minimum atomic E-state index is 0.317. The van der Waals surface area contributed by atoms with Crippen molar-refractivity contribution in [3.05, 3.63) is 11.9 Å². The van der Waals surface area contributed by atoms with E-state index in [4.69, 9.17) is 4.74 Å². The van der Waals surface area contributed by atoms with Crippen LogP contribution in [0.1, 0.15) is 52.3 Å². The molecular weight excluding hydrogens is 238 g/mol.